The Labute approximate surface area is 171 Å². The predicted molar refractivity (Wildman–Crippen MR) is 125 cm³/mol. The lowest BCUT2D eigenvalue weighted by molar-refractivity contribution is 1.39. The molecular formula is C26H27Br. The molecule has 0 aliphatic rings. The molecule has 0 aliphatic carbocycles. The van der Waals surface area contributed by atoms with Crippen LogP contribution in [0.5, 0.6) is 0 Å². The fourth-order valence-corrected chi connectivity index (χ4v) is 3.49. The zero-order chi connectivity index (χ0) is 20.0. The van der Waals surface area contributed by atoms with Crippen molar-refractivity contribution in [2.24, 2.45) is 0 Å². The Bertz CT molecular complexity index is 1140. The molecule has 0 bridgehead atoms. The van der Waals surface area contributed by atoms with Gasteiger partial charge in [0, 0.05) is 4.47 Å². The van der Waals surface area contributed by atoms with Crippen molar-refractivity contribution in [2.45, 2.75) is 27.7 Å². The third-order valence-electron chi connectivity index (χ3n) is 4.94. The zero-order valence-electron chi connectivity index (χ0n) is 16.6. The second-order valence-corrected chi connectivity index (χ2v) is 7.48. The first-order valence-corrected chi connectivity index (χ1v) is 9.88. The summed E-state index contributed by atoms with van der Waals surface area (Å²) < 4.78 is 1.07. The zero-order valence-corrected chi connectivity index (χ0v) is 18.2. The first-order valence-electron chi connectivity index (χ1n) is 9.09. The summed E-state index contributed by atoms with van der Waals surface area (Å²) in [6, 6.07) is 15.0. The van der Waals surface area contributed by atoms with Crippen molar-refractivity contribution in [3.63, 3.8) is 0 Å². The average molecular weight is 419 g/mol. The molecule has 138 valence electrons. The van der Waals surface area contributed by atoms with Gasteiger partial charge in [-0.15, -0.1) is 0 Å². The monoisotopic (exact) mass is 418 g/mol. The van der Waals surface area contributed by atoms with E-state index in [9.17, 15) is 0 Å². The van der Waals surface area contributed by atoms with Gasteiger partial charge in [0.25, 0.3) is 0 Å². The summed E-state index contributed by atoms with van der Waals surface area (Å²) in [5.41, 5.74) is 4.70. The van der Waals surface area contributed by atoms with Gasteiger partial charge in [0.1, 0.15) is 0 Å². The number of hydrogen-bond donors (Lipinski definition) is 0. The fraction of sp³-hybridized carbons (Fsp3) is 0.154. The molecule has 0 nitrogen and oxygen atoms in total. The van der Waals surface area contributed by atoms with Crippen LogP contribution in [0.1, 0.15) is 27.7 Å². The van der Waals surface area contributed by atoms with Crippen molar-refractivity contribution in [1.82, 2.24) is 0 Å². The highest BCUT2D eigenvalue weighted by Gasteiger charge is 2.03. The first kappa shape index (κ1) is 20.9. The Morgan fingerprint density at radius 1 is 0.889 bits per heavy atom. The molecule has 0 aromatic heterocycles. The minimum Gasteiger partial charge on any atom is -0.0991 e. The topological polar surface area (TPSA) is 0 Å². The van der Waals surface area contributed by atoms with Crippen molar-refractivity contribution in [3.05, 3.63) is 105 Å². The lowest BCUT2D eigenvalue weighted by Gasteiger charge is -2.08. The maximum absolute atomic E-state index is 4.22. The van der Waals surface area contributed by atoms with Crippen LogP contribution in [0.25, 0.3) is 22.8 Å². The van der Waals surface area contributed by atoms with E-state index in [1.807, 2.05) is 12.2 Å². The van der Waals surface area contributed by atoms with E-state index in [0.29, 0.717) is 0 Å². The third-order valence-corrected chi connectivity index (χ3v) is 5.44. The lowest BCUT2D eigenvalue weighted by Crippen LogP contribution is -2.31. The minimum absolute atomic E-state index is 0.992. The van der Waals surface area contributed by atoms with Gasteiger partial charge in [-0.1, -0.05) is 83.7 Å². The molecule has 0 heterocycles. The molecule has 1 heteroatoms. The van der Waals surface area contributed by atoms with Gasteiger partial charge >= 0.3 is 0 Å². The van der Waals surface area contributed by atoms with Crippen LogP contribution >= 0.6 is 15.9 Å². The van der Waals surface area contributed by atoms with Crippen LogP contribution in [0.3, 0.4) is 0 Å². The number of allylic oxidation sites excluding steroid dienone is 4. The molecule has 2 aromatic carbocycles. The van der Waals surface area contributed by atoms with Crippen LogP contribution in [-0.2, 0) is 0 Å². The number of benzene rings is 2. The van der Waals surface area contributed by atoms with Crippen molar-refractivity contribution >= 4 is 38.7 Å². The predicted octanol–water partition coefficient (Wildman–Crippen LogP) is 4.76. The van der Waals surface area contributed by atoms with Gasteiger partial charge in [-0.25, -0.2) is 0 Å². The van der Waals surface area contributed by atoms with Gasteiger partial charge in [0.2, 0.25) is 0 Å². The van der Waals surface area contributed by atoms with E-state index in [0.717, 1.165) is 15.6 Å². The summed E-state index contributed by atoms with van der Waals surface area (Å²) in [5, 5.41) is 4.95. The molecule has 2 rings (SSSR count). The van der Waals surface area contributed by atoms with E-state index >= 15 is 0 Å². The molecule has 0 radical (unpaired) electrons. The number of hydrogen-bond acceptors (Lipinski definition) is 0. The number of rotatable bonds is 4. The summed E-state index contributed by atoms with van der Waals surface area (Å²) in [7, 11) is 0. The van der Waals surface area contributed by atoms with Gasteiger partial charge in [-0.3, -0.25) is 0 Å². The average Bonchev–Trinajstić information content (AvgIpc) is 2.70. The van der Waals surface area contributed by atoms with E-state index in [-0.39, 0.29) is 0 Å². The summed E-state index contributed by atoms with van der Waals surface area (Å²) in [5.74, 6) is 0. The molecular weight excluding hydrogens is 392 g/mol. The van der Waals surface area contributed by atoms with Gasteiger partial charge in [0.15, 0.2) is 0 Å². The quantitative estimate of drug-likeness (QED) is 0.627. The van der Waals surface area contributed by atoms with Crippen LogP contribution in [0.4, 0.5) is 0 Å². The summed E-state index contributed by atoms with van der Waals surface area (Å²) in [6.07, 6.45) is 7.86. The molecule has 0 amide bonds. The van der Waals surface area contributed by atoms with E-state index in [4.69, 9.17) is 0 Å². The molecule has 0 unspecified atom stereocenters. The molecule has 27 heavy (non-hydrogen) atoms. The van der Waals surface area contributed by atoms with Gasteiger partial charge in [-0.05, 0) is 83.0 Å². The summed E-state index contributed by atoms with van der Waals surface area (Å²) in [6.45, 7) is 16.6. The Balaban J connectivity index is 2.98. The Morgan fingerprint density at radius 3 is 2.22 bits per heavy atom. The molecule has 0 spiro atoms. The molecule has 0 saturated carbocycles. The van der Waals surface area contributed by atoms with Gasteiger partial charge in [-0.2, -0.15) is 0 Å². The maximum atomic E-state index is 4.22. The molecule has 2 aromatic rings. The maximum Gasteiger partial charge on any atom is 0.0181 e. The highest BCUT2D eigenvalue weighted by Crippen LogP contribution is 2.11. The summed E-state index contributed by atoms with van der Waals surface area (Å²) in [4.78, 5) is 0. The molecule has 0 saturated heterocycles. The van der Waals surface area contributed by atoms with Crippen molar-refractivity contribution < 1.29 is 0 Å². The SMILES string of the molecule is C=CC=CC(=C)C(C)=c1ccc(Br)cc1=C(C)C(C)=c1ccccc1=CC. The summed E-state index contributed by atoms with van der Waals surface area (Å²) >= 11 is 3.64. The Hall–Kier alpha value is -2.38. The third kappa shape index (κ3) is 4.87. The van der Waals surface area contributed by atoms with E-state index < -0.39 is 0 Å². The first-order chi connectivity index (χ1) is 12.9. The highest BCUT2D eigenvalue weighted by atomic mass is 79.9. The second kappa shape index (κ2) is 9.53. The van der Waals surface area contributed by atoms with Crippen LogP contribution < -0.4 is 20.9 Å². The number of halogens is 1. The van der Waals surface area contributed by atoms with E-state index in [1.54, 1.807) is 6.08 Å². The molecule has 0 aliphatic heterocycles. The molecule has 0 N–H and O–H groups in total. The Morgan fingerprint density at radius 2 is 1.56 bits per heavy atom. The van der Waals surface area contributed by atoms with E-state index in [2.05, 4.69) is 105 Å². The standard InChI is InChI=1S/C26H27Br/c1-7-9-12-18(3)19(4)25-16-15-23(27)17-26(25)21(6)20(5)24-14-11-10-13-22(24)8-2/h7-17H,1,3H2,2,4-6H3. The fourth-order valence-electron chi connectivity index (χ4n) is 3.13. The Kier molecular flexibility index (Phi) is 7.38. The van der Waals surface area contributed by atoms with Crippen LogP contribution in [0.15, 0.2) is 83.9 Å². The van der Waals surface area contributed by atoms with Crippen LogP contribution in [-0.4, -0.2) is 0 Å². The normalized spacial score (nSPS) is 15.5. The lowest BCUT2D eigenvalue weighted by atomic mass is 9.98. The van der Waals surface area contributed by atoms with Crippen LogP contribution in [0.2, 0.25) is 0 Å². The largest absolute Gasteiger partial charge is 0.0991 e. The molecule has 0 fully saturated rings. The van der Waals surface area contributed by atoms with Crippen molar-refractivity contribution in [2.75, 3.05) is 0 Å². The van der Waals surface area contributed by atoms with Crippen molar-refractivity contribution in [1.29, 1.82) is 0 Å². The van der Waals surface area contributed by atoms with Gasteiger partial charge in [0.05, 0.1) is 0 Å². The molecule has 0 atom stereocenters. The van der Waals surface area contributed by atoms with Crippen molar-refractivity contribution in [3.8, 4) is 0 Å². The minimum atomic E-state index is 0.992. The smallest absolute Gasteiger partial charge is 0.0181 e. The highest BCUT2D eigenvalue weighted by molar-refractivity contribution is 9.10. The second-order valence-electron chi connectivity index (χ2n) is 6.56. The van der Waals surface area contributed by atoms with Crippen LogP contribution in [0, 0.1) is 0 Å². The van der Waals surface area contributed by atoms with Gasteiger partial charge < -0.3 is 0 Å². The van der Waals surface area contributed by atoms with E-state index in [1.165, 1.54) is 32.0 Å².